The van der Waals surface area contributed by atoms with Crippen molar-refractivity contribution in [3.05, 3.63) is 89.0 Å². The number of hydrogen-bond donors (Lipinski definition) is 0. The maximum absolute atomic E-state index is 12.7. The Balaban J connectivity index is 1.79. The van der Waals surface area contributed by atoms with E-state index in [4.69, 9.17) is 18.9 Å². The van der Waals surface area contributed by atoms with Gasteiger partial charge in [-0.25, -0.2) is 8.42 Å². The molecule has 0 aliphatic rings. The van der Waals surface area contributed by atoms with Crippen LogP contribution in [0.25, 0.3) is 10.8 Å². The summed E-state index contributed by atoms with van der Waals surface area (Å²) in [7, 11) is -3.33. The Morgan fingerprint density at radius 3 is 1.98 bits per heavy atom. The van der Waals surface area contributed by atoms with E-state index in [9.17, 15) is 8.42 Å². The van der Waals surface area contributed by atoms with Gasteiger partial charge in [-0.2, -0.15) is 0 Å². The van der Waals surface area contributed by atoms with Crippen molar-refractivity contribution >= 4 is 20.6 Å². The molecule has 0 aromatic heterocycles. The van der Waals surface area contributed by atoms with E-state index in [0.29, 0.717) is 24.5 Å². The van der Waals surface area contributed by atoms with Gasteiger partial charge in [0.1, 0.15) is 11.5 Å². The van der Waals surface area contributed by atoms with Crippen LogP contribution in [0.15, 0.2) is 82.8 Å². The van der Waals surface area contributed by atoms with Crippen molar-refractivity contribution in [1.82, 2.24) is 0 Å². The first kappa shape index (κ1) is 31.4. The highest BCUT2D eigenvalue weighted by molar-refractivity contribution is 7.91. The molecule has 0 atom stereocenters. The lowest BCUT2D eigenvalue weighted by molar-refractivity contribution is 0.0207. The summed E-state index contributed by atoms with van der Waals surface area (Å²) < 4.78 is 48.6. The highest BCUT2D eigenvalue weighted by Crippen LogP contribution is 2.41. The lowest BCUT2D eigenvalue weighted by atomic mass is 9.95. The van der Waals surface area contributed by atoms with Crippen molar-refractivity contribution in [1.29, 1.82) is 0 Å². The van der Waals surface area contributed by atoms with Gasteiger partial charge in [0.15, 0.2) is 23.4 Å². The van der Waals surface area contributed by atoms with Crippen molar-refractivity contribution in [2.75, 3.05) is 32.6 Å². The van der Waals surface area contributed by atoms with E-state index >= 15 is 0 Å². The fourth-order valence-corrected chi connectivity index (χ4v) is 5.97. The quantitative estimate of drug-likeness (QED) is 0.101. The van der Waals surface area contributed by atoms with Crippen molar-refractivity contribution < 1.29 is 27.4 Å². The molecule has 6 nitrogen and oxygen atoms in total. The molecule has 3 rings (SSSR count). The van der Waals surface area contributed by atoms with Crippen molar-refractivity contribution in [2.24, 2.45) is 0 Å². The third kappa shape index (κ3) is 8.68. The number of fused-ring (bicyclic) bond motifs is 1. The Labute approximate surface area is 239 Å². The maximum Gasteiger partial charge on any atom is 0.189 e. The van der Waals surface area contributed by atoms with E-state index in [1.54, 1.807) is 24.3 Å². The fraction of sp³-hybridized carbons (Fsp3) is 0.394. The highest BCUT2D eigenvalue weighted by Gasteiger charge is 2.19. The van der Waals surface area contributed by atoms with Crippen molar-refractivity contribution in [2.45, 2.75) is 58.8 Å². The van der Waals surface area contributed by atoms with Gasteiger partial charge >= 0.3 is 0 Å². The monoisotopic (exact) mass is 566 g/mol. The number of allylic oxidation sites excluding steroid dienone is 3. The number of benzene rings is 3. The standard InChI is InChI=1S/C33H42O6S/c1-6-36-23-38-32-27(5)29(33(39-24-37-7-2)31-19-12-11-18-30(31)32)21-20-25(3)14-13-15-26(4)22-40(34,35)28-16-9-8-10-17-28/h8-12,15-20H,6-7,13-14,21-24H2,1-5H3/b25-20+,26-15+. The second kappa shape index (κ2) is 15.6. The number of sulfone groups is 1. The predicted molar refractivity (Wildman–Crippen MR) is 162 cm³/mol. The first-order valence-electron chi connectivity index (χ1n) is 13.8. The summed E-state index contributed by atoms with van der Waals surface area (Å²) in [6.07, 6.45) is 6.50. The summed E-state index contributed by atoms with van der Waals surface area (Å²) in [5.41, 5.74) is 4.13. The topological polar surface area (TPSA) is 71.1 Å². The van der Waals surface area contributed by atoms with Gasteiger partial charge in [-0.3, -0.25) is 0 Å². The van der Waals surface area contributed by atoms with Crippen LogP contribution in [-0.2, 0) is 25.7 Å². The lowest BCUT2D eigenvalue weighted by Gasteiger charge is -2.20. The summed E-state index contributed by atoms with van der Waals surface area (Å²) in [5.74, 6) is 1.63. The minimum absolute atomic E-state index is 0.0289. The molecule has 0 unspecified atom stereocenters. The summed E-state index contributed by atoms with van der Waals surface area (Å²) in [6.45, 7) is 11.4. The molecule has 0 heterocycles. The molecule has 0 aliphatic heterocycles. The number of hydrogen-bond acceptors (Lipinski definition) is 6. The van der Waals surface area contributed by atoms with Crippen LogP contribution in [0.3, 0.4) is 0 Å². The number of ether oxygens (including phenoxy) is 4. The summed E-state index contributed by atoms with van der Waals surface area (Å²) in [5, 5.41) is 1.94. The molecule has 0 amide bonds. The normalized spacial score (nSPS) is 12.6. The van der Waals surface area contributed by atoms with Gasteiger partial charge in [0.05, 0.1) is 10.6 Å². The predicted octanol–water partition coefficient (Wildman–Crippen LogP) is 7.58. The molecule has 0 saturated heterocycles. The molecule has 0 spiro atoms. The molecular formula is C33H42O6S. The lowest BCUT2D eigenvalue weighted by Crippen LogP contribution is -2.09. The third-order valence-electron chi connectivity index (χ3n) is 6.67. The van der Waals surface area contributed by atoms with Crippen LogP contribution in [0.2, 0.25) is 0 Å². The molecule has 3 aromatic rings. The van der Waals surface area contributed by atoms with E-state index in [1.165, 1.54) is 5.57 Å². The molecule has 0 N–H and O–H groups in total. The first-order valence-corrected chi connectivity index (χ1v) is 15.5. The van der Waals surface area contributed by atoms with Gasteiger partial charge in [0.25, 0.3) is 0 Å². The average Bonchev–Trinajstić information content (AvgIpc) is 2.94. The molecular weight excluding hydrogens is 524 g/mol. The molecule has 40 heavy (non-hydrogen) atoms. The zero-order valence-electron chi connectivity index (χ0n) is 24.4. The van der Waals surface area contributed by atoms with Gasteiger partial charge in [-0.15, -0.1) is 0 Å². The molecule has 0 aliphatic carbocycles. The third-order valence-corrected chi connectivity index (χ3v) is 8.50. The second-order valence-electron chi connectivity index (χ2n) is 9.73. The van der Waals surface area contributed by atoms with E-state index in [1.807, 2.05) is 57.2 Å². The first-order chi connectivity index (χ1) is 19.3. The van der Waals surface area contributed by atoms with Crippen molar-refractivity contribution in [3.63, 3.8) is 0 Å². The van der Waals surface area contributed by atoms with Gasteiger partial charge in [0, 0.05) is 29.5 Å². The van der Waals surface area contributed by atoms with E-state index in [0.717, 1.165) is 51.8 Å². The van der Waals surface area contributed by atoms with Crippen LogP contribution >= 0.6 is 0 Å². The summed E-state index contributed by atoms with van der Waals surface area (Å²) >= 11 is 0. The molecule has 216 valence electrons. The minimum atomic E-state index is -3.33. The zero-order chi connectivity index (χ0) is 29.0. The maximum atomic E-state index is 12.7. The largest absolute Gasteiger partial charge is 0.467 e. The molecule has 0 radical (unpaired) electrons. The van der Waals surface area contributed by atoms with Gasteiger partial charge in [0.2, 0.25) is 0 Å². The van der Waals surface area contributed by atoms with Gasteiger partial charge in [-0.1, -0.05) is 65.8 Å². The molecule has 0 fully saturated rings. The Kier molecular flexibility index (Phi) is 12.2. The van der Waals surface area contributed by atoms with Crippen LogP contribution in [0.1, 0.15) is 51.7 Å². The molecule has 0 bridgehead atoms. The van der Waals surface area contributed by atoms with Crippen LogP contribution in [0.5, 0.6) is 11.5 Å². The van der Waals surface area contributed by atoms with E-state index < -0.39 is 9.84 Å². The smallest absolute Gasteiger partial charge is 0.189 e. The average molecular weight is 567 g/mol. The highest BCUT2D eigenvalue weighted by atomic mass is 32.2. The Morgan fingerprint density at radius 2 is 1.35 bits per heavy atom. The Morgan fingerprint density at radius 1 is 0.775 bits per heavy atom. The van der Waals surface area contributed by atoms with Crippen LogP contribution in [0.4, 0.5) is 0 Å². The van der Waals surface area contributed by atoms with Gasteiger partial charge in [-0.05, 0) is 71.6 Å². The van der Waals surface area contributed by atoms with Crippen LogP contribution in [-0.4, -0.2) is 41.0 Å². The second-order valence-corrected chi connectivity index (χ2v) is 11.7. The molecule has 0 saturated carbocycles. The Hall–Kier alpha value is -3.13. The fourth-order valence-electron chi connectivity index (χ4n) is 4.51. The zero-order valence-corrected chi connectivity index (χ0v) is 25.2. The van der Waals surface area contributed by atoms with E-state index in [2.05, 4.69) is 19.9 Å². The minimum Gasteiger partial charge on any atom is -0.467 e. The molecule has 7 heteroatoms. The summed E-state index contributed by atoms with van der Waals surface area (Å²) in [4.78, 5) is 0.358. The Bertz CT molecular complexity index is 1410. The van der Waals surface area contributed by atoms with Gasteiger partial charge < -0.3 is 18.9 Å². The van der Waals surface area contributed by atoms with Crippen LogP contribution in [0, 0.1) is 6.92 Å². The van der Waals surface area contributed by atoms with E-state index in [-0.39, 0.29) is 19.3 Å². The summed E-state index contributed by atoms with van der Waals surface area (Å²) in [6, 6.07) is 16.7. The number of rotatable bonds is 16. The van der Waals surface area contributed by atoms with Crippen molar-refractivity contribution in [3.8, 4) is 11.5 Å². The van der Waals surface area contributed by atoms with Crippen LogP contribution < -0.4 is 9.47 Å². The molecule has 3 aromatic carbocycles. The SMILES string of the molecule is CCOCOc1c(C)c(C/C=C(\C)CC/C=C(\C)CS(=O)(=O)c2ccccc2)c(OCOCC)c2ccccc12.